The van der Waals surface area contributed by atoms with E-state index < -0.39 is 0 Å². The first-order chi connectivity index (χ1) is 24.8. The van der Waals surface area contributed by atoms with Crippen LogP contribution >= 0.6 is 46.4 Å². The molecule has 276 valence electrons. The van der Waals surface area contributed by atoms with Crippen molar-refractivity contribution in [2.75, 3.05) is 16.9 Å². The van der Waals surface area contributed by atoms with Gasteiger partial charge >= 0.3 is 0 Å². The molecule has 1 heterocycles. The number of unbranched alkanes of at least 4 members (excludes halogenated alkanes) is 15. The van der Waals surface area contributed by atoms with Crippen LogP contribution in [0.15, 0.2) is 59.6 Å². The first-order valence-electron chi connectivity index (χ1n) is 18.4. The second-order valence-corrected chi connectivity index (χ2v) is 14.7. The highest BCUT2D eigenvalue weighted by Gasteiger charge is 2.30. The number of hydrogen-bond acceptors (Lipinski definition) is 4. The van der Waals surface area contributed by atoms with Crippen molar-refractivity contribution in [2.45, 2.75) is 116 Å². The van der Waals surface area contributed by atoms with Gasteiger partial charge in [0.15, 0.2) is 0 Å². The maximum Gasteiger partial charge on any atom is 0.259 e. The average molecular weight is 777 g/mol. The summed E-state index contributed by atoms with van der Waals surface area (Å²) >= 11 is 25.1. The van der Waals surface area contributed by atoms with Crippen LogP contribution in [0.5, 0.6) is 5.75 Å². The molecular weight excluding hydrogens is 726 g/mol. The van der Waals surface area contributed by atoms with Crippen molar-refractivity contribution in [3.63, 3.8) is 0 Å². The van der Waals surface area contributed by atoms with E-state index in [-0.39, 0.29) is 34.0 Å². The van der Waals surface area contributed by atoms with Crippen LogP contribution in [0.2, 0.25) is 20.1 Å². The number of amides is 2. The molecule has 2 amide bonds. The summed E-state index contributed by atoms with van der Waals surface area (Å²) in [7, 11) is 0. The molecule has 0 bridgehead atoms. The molecule has 11 heteroatoms. The number of carbonyl (C=O) groups excluding carboxylic acids is 2. The van der Waals surface area contributed by atoms with Crippen molar-refractivity contribution >= 4 is 81.1 Å². The van der Waals surface area contributed by atoms with E-state index in [9.17, 15) is 9.59 Å². The molecule has 3 aromatic carbocycles. The summed E-state index contributed by atoms with van der Waals surface area (Å²) in [5, 5.41) is 5.28. The zero-order valence-corrected chi connectivity index (χ0v) is 32.6. The number of hydrazine groups is 1. The van der Waals surface area contributed by atoms with Crippen molar-refractivity contribution in [3.05, 3.63) is 80.3 Å². The molecule has 7 nitrogen and oxygen atoms in total. The number of ether oxygens (including phenoxy) is 1. The fourth-order valence-corrected chi connectivity index (χ4v) is 7.22. The Bertz CT molecular complexity index is 1590. The van der Waals surface area contributed by atoms with Gasteiger partial charge in [0.05, 0.1) is 39.3 Å². The van der Waals surface area contributed by atoms with E-state index in [0.717, 1.165) is 12.8 Å². The second kappa shape index (κ2) is 22.2. The summed E-state index contributed by atoms with van der Waals surface area (Å²) in [6, 6.07) is 15.2. The Balaban J connectivity index is 1.18. The number of halogens is 4. The third-order valence-corrected chi connectivity index (χ3v) is 9.97. The van der Waals surface area contributed by atoms with Gasteiger partial charge in [-0.2, -0.15) is 0 Å². The highest BCUT2D eigenvalue weighted by molar-refractivity contribution is 6.42. The molecule has 0 atom stereocenters. The maximum absolute atomic E-state index is 13.3. The number of hydrogen-bond donors (Lipinski definition) is 2. The molecule has 51 heavy (non-hydrogen) atoms. The third-order valence-electron chi connectivity index (χ3n) is 8.86. The lowest BCUT2D eigenvalue weighted by molar-refractivity contribution is -0.116. The summed E-state index contributed by atoms with van der Waals surface area (Å²) in [5.41, 5.74) is 4.51. The predicted molar refractivity (Wildman–Crippen MR) is 215 cm³/mol. The summed E-state index contributed by atoms with van der Waals surface area (Å²) in [6.45, 7) is 2.83. The van der Waals surface area contributed by atoms with Crippen LogP contribution in [-0.2, 0) is 4.79 Å². The lowest BCUT2D eigenvalue weighted by atomic mass is 10.0. The summed E-state index contributed by atoms with van der Waals surface area (Å²) < 4.78 is 6.05. The standard InChI is InChI=1S/C40H50Cl4N4O3/c1-2-3-4-5-6-7-8-9-10-11-12-13-14-15-16-19-24-51-36-21-18-17-20-31(36)40(50)45-30-22-23-32(42)35(27-30)46-37-28-38(49)48(47-37)39-33(43)25-29(41)26-34(39)44/h17-18,20-23,25-27H,2-16,19,24,28H2,1H3,(H,45,50)(H,46,47). The fraction of sp³-hybridized carbons (Fsp3) is 0.475. The molecule has 1 fully saturated rings. The minimum Gasteiger partial charge on any atom is -0.493 e. The van der Waals surface area contributed by atoms with Crippen LogP contribution in [-0.4, -0.2) is 24.3 Å². The van der Waals surface area contributed by atoms with E-state index in [1.807, 2.05) is 18.2 Å². The Morgan fingerprint density at radius 3 is 1.94 bits per heavy atom. The van der Waals surface area contributed by atoms with E-state index in [2.05, 4.69) is 22.7 Å². The van der Waals surface area contributed by atoms with Gasteiger partial charge in [-0.05, 0) is 48.9 Å². The van der Waals surface area contributed by atoms with Crippen molar-refractivity contribution in [1.82, 2.24) is 5.43 Å². The highest BCUT2D eigenvalue weighted by Crippen LogP contribution is 2.38. The van der Waals surface area contributed by atoms with Crippen molar-refractivity contribution in [3.8, 4) is 5.75 Å². The maximum atomic E-state index is 13.3. The minimum atomic E-state index is -0.314. The van der Waals surface area contributed by atoms with Gasteiger partial charge in [-0.25, -0.2) is 10.0 Å². The molecule has 0 unspecified atom stereocenters. The van der Waals surface area contributed by atoms with Crippen molar-refractivity contribution < 1.29 is 14.3 Å². The van der Waals surface area contributed by atoms with Gasteiger partial charge in [0, 0.05) is 10.7 Å². The topological polar surface area (TPSA) is 83.0 Å². The molecule has 3 aromatic rings. The monoisotopic (exact) mass is 774 g/mol. The van der Waals surface area contributed by atoms with Crippen molar-refractivity contribution in [1.29, 1.82) is 0 Å². The van der Waals surface area contributed by atoms with Gasteiger partial charge in [0.25, 0.3) is 11.8 Å². The first kappa shape index (κ1) is 40.8. The lowest BCUT2D eigenvalue weighted by Gasteiger charge is -2.19. The van der Waals surface area contributed by atoms with E-state index in [0.29, 0.717) is 45.2 Å². The number of amidine groups is 1. The van der Waals surface area contributed by atoms with Gasteiger partial charge in [-0.1, -0.05) is 162 Å². The molecular formula is C40H50Cl4N4O3. The number of aliphatic imine (C=N–C) groups is 1. The van der Waals surface area contributed by atoms with Crippen LogP contribution in [0.1, 0.15) is 126 Å². The molecule has 0 aromatic heterocycles. The SMILES string of the molecule is CCCCCCCCCCCCCCCCCCOc1ccccc1C(=O)Nc1ccc(Cl)c(N=C2CC(=O)N(c3c(Cl)cc(Cl)cc3Cl)N2)c1. The molecule has 0 spiro atoms. The van der Waals surface area contributed by atoms with Crippen LogP contribution < -0.4 is 20.5 Å². The molecule has 0 radical (unpaired) electrons. The average Bonchev–Trinajstić information content (AvgIpc) is 3.46. The zero-order chi connectivity index (χ0) is 36.4. The fourth-order valence-electron chi connectivity index (χ4n) is 6.08. The van der Waals surface area contributed by atoms with E-state index in [1.165, 1.54) is 107 Å². The van der Waals surface area contributed by atoms with Gasteiger partial charge in [0.1, 0.15) is 17.3 Å². The van der Waals surface area contributed by atoms with Gasteiger partial charge in [-0.15, -0.1) is 0 Å². The van der Waals surface area contributed by atoms with Gasteiger partial charge in [0.2, 0.25) is 0 Å². The summed E-state index contributed by atoms with van der Waals surface area (Å²) in [4.78, 5) is 30.7. The third kappa shape index (κ3) is 13.5. The van der Waals surface area contributed by atoms with Crippen LogP contribution in [0.3, 0.4) is 0 Å². The Morgan fingerprint density at radius 2 is 1.33 bits per heavy atom. The first-order valence-corrected chi connectivity index (χ1v) is 19.9. The Morgan fingerprint density at radius 1 is 0.765 bits per heavy atom. The van der Waals surface area contributed by atoms with Crippen molar-refractivity contribution in [2.24, 2.45) is 4.99 Å². The molecule has 4 rings (SSSR count). The molecule has 1 saturated heterocycles. The van der Waals surface area contributed by atoms with E-state index in [1.54, 1.807) is 24.3 Å². The smallest absolute Gasteiger partial charge is 0.259 e. The lowest BCUT2D eigenvalue weighted by Crippen LogP contribution is -2.36. The summed E-state index contributed by atoms with van der Waals surface area (Å²) in [6.07, 6.45) is 21.0. The van der Waals surface area contributed by atoms with Gasteiger partial charge in [-0.3, -0.25) is 15.0 Å². The van der Waals surface area contributed by atoms with Crippen LogP contribution in [0.4, 0.5) is 17.1 Å². The Kier molecular flexibility index (Phi) is 17.7. The number of rotatable bonds is 22. The number of para-hydroxylation sites is 1. The number of benzene rings is 3. The van der Waals surface area contributed by atoms with E-state index >= 15 is 0 Å². The normalized spacial score (nSPS) is 13.5. The largest absolute Gasteiger partial charge is 0.493 e. The van der Waals surface area contributed by atoms with Crippen LogP contribution in [0, 0.1) is 0 Å². The van der Waals surface area contributed by atoms with Crippen LogP contribution in [0.25, 0.3) is 0 Å². The second-order valence-electron chi connectivity index (χ2n) is 13.1. The molecule has 2 N–H and O–H groups in total. The Labute approximate surface area is 323 Å². The van der Waals surface area contributed by atoms with Gasteiger partial charge < -0.3 is 10.1 Å². The molecule has 0 aliphatic carbocycles. The number of nitrogens with zero attached hydrogens (tertiary/aromatic N) is 2. The van der Waals surface area contributed by atoms with E-state index in [4.69, 9.17) is 51.1 Å². The number of nitrogens with one attached hydrogen (secondary N) is 2. The quantitative estimate of drug-likeness (QED) is 0.0996. The Hall–Kier alpha value is -2.97. The zero-order valence-electron chi connectivity index (χ0n) is 29.6. The molecule has 1 aliphatic heterocycles. The minimum absolute atomic E-state index is 0.0354. The summed E-state index contributed by atoms with van der Waals surface area (Å²) in [5.74, 6) is 0.251. The molecule has 1 aliphatic rings. The molecule has 0 saturated carbocycles. The highest BCUT2D eigenvalue weighted by atomic mass is 35.5. The predicted octanol–water partition coefficient (Wildman–Crippen LogP) is 13.2. The number of anilines is 2. The number of carbonyl (C=O) groups is 2.